The molecule has 0 bridgehead atoms. The zero-order valence-electron chi connectivity index (χ0n) is 17.1. The number of esters is 1. The van der Waals surface area contributed by atoms with E-state index in [1.54, 1.807) is 12.1 Å². The van der Waals surface area contributed by atoms with Crippen molar-refractivity contribution in [1.29, 1.82) is 0 Å². The Morgan fingerprint density at radius 3 is 2.53 bits per heavy atom. The van der Waals surface area contributed by atoms with E-state index in [-0.39, 0.29) is 12.6 Å². The third-order valence-electron chi connectivity index (χ3n) is 4.79. The number of aryl methyl sites for hydroxylation is 1. The van der Waals surface area contributed by atoms with E-state index in [1.807, 2.05) is 50.2 Å². The van der Waals surface area contributed by atoms with Crippen LogP contribution in [-0.4, -0.2) is 30.6 Å². The van der Waals surface area contributed by atoms with Crippen LogP contribution in [0.5, 0.6) is 0 Å². The number of nitrogens with zero attached hydrogens (tertiary/aromatic N) is 1. The summed E-state index contributed by atoms with van der Waals surface area (Å²) in [5, 5.41) is 4.28. The highest BCUT2D eigenvalue weighted by atomic mass is 35.5. The SMILES string of the molecule is COCc1nc2ccccc2c(C)c1C(=O)OCC(=O)NC(C)c1ccc(Cl)cc1. The minimum atomic E-state index is -0.605. The van der Waals surface area contributed by atoms with E-state index < -0.39 is 18.5 Å². The summed E-state index contributed by atoms with van der Waals surface area (Å²) < 4.78 is 10.5. The highest BCUT2D eigenvalue weighted by Crippen LogP contribution is 2.24. The summed E-state index contributed by atoms with van der Waals surface area (Å²) in [5.41, 5.74) is 3.22. The Balaban J connectivity index is 1.71. The second-order valence-corrected chi connectivity index (χ2v) is 7.36. The molecule has 0 radical (unpaired) electrons. The summed E-state index contributed by atoms with van der Waals surface area (Å²) in [6, 6.07) is 14.5. The monoisotopic (exact) mass is 426 g/mol. The number of hydrogen-bond acceptors (Lipinski definition) is 5. The first-order chi connectivity index (χ1) is 14.4. The van der Waals surface area contributed by atoms with Crippen molar-refractivity contribution >= 4 is 34.4 Å². The molecule has 1 heterocycles. The molecule has 156 valence electrons. The van der Waals surface area contributed by atoms with Crippen LogP contribution in [0, 0.1) is 6.92 Å². The zero-order chi connectivity index (χ0) is 21.7. The second-order valence-electron chi connectivity index (χ2n) is 6.93. The van der Waals surface area contributed by atoms with Crippen LogP contribution < -0.4 is 5.32 Å². The molecule has 0 fully saturated rings. The largest absolute Gasteiger partial charge is 0.452 e. The minimum absolute atomic E-state index is 0.163. The average Bonchev–Trinajstić information content (AvgIpc) is 2.73. The van der Waals surface area contributed by atoms with Gasteiger partial charge in [-0.05, 0) is 43.2 Å². The van der Waals surface area contributed by atoms with E-state index in [0.717, 1.165) is 22.0 Å². The smallest absolute Gasteiger partial charge is 0.340 e. The van der Waals surface area contributed by atoms with Gasteiger partial charge < -0.3 is 14.8 Å². The van der Waals surface area contributed by atoms with Gasteiger partial charge in [0.2, 0.25) is 0 Å². The molecule has 0 aliphatic carbocycles. The van der Waals surface area contributed by atoms with Gasteiger partial charge in [0.15, 0.2) is 6.61 Å². The molecule has 0 spiro atoms. The predicted octanol–water partition coefficient (Wildman–Crippen LogP) is 4.38. The van der Waals surface area contributed by atoms with Gasteiger partial charge in [-0.15, -0.1) is 0 Å². The molecule has 1 N–H and O–H groups in total. The second kappa shape index (κ2) is 9.69. The van der Waals surface area contributed by atoms with Gasteiger partial charge in [0.1, 0.15) is 0 Å². The topological polar surface area (TPSA) is 77.5 Å². The summed E-state index contributed by atoms with van der Waals surface area (Å²) >= 11 is 5.89. The number of carbonyl (C=O) groups excluding carboxylic acids is 2. The van der Waals surface area contributed by atoms with E-state index in [1.165, 1.54) is 7.11 Å². The predicted molar refractivity (Wildman–Crippen MR) is 115 cm³/mol. The van der Waals surface area contributed by atoms with Gasteiger partial charge in [-0.1, -0.05) is 41.9 Å². The number of para-hydroxylation sites is 1. The molecule has 1 atom stereocenters. The number of carbonyl (C=O) groups is 2. The first-order valence-corrected chi connectivity index (χ1v) is 9.87. The number of methoxy groups -OCH3 is 1. The number of pyridine rings is 1. The summed E-state index contributed by atoms with van der Waals surface area (Å²) in [6.07, 6.45) is 0. The molecule has 0 aliphatic rings. The molecule has 6 nitrogen and oxygen atoms in total. The minimum Gasteiger partial charge on any atom is -0.452 e. The fraction of sp³-hybridized carbons (Fsp3) is 0.261. The van der Waals surface area contributed by atoms with Crippen LogP contribution in [0.1, 0.15) is 40.1 Å². The molecule has 1 aromatic heterocycles. The van der Waals surface area contributed by atoms with Crippen LogP contribution in [0.25, 0.3) is 10.9 Å². The quantitative estimate of drug-likeness (QED) is 0.567. The Bertz CT molecular complexity index is 1070. The lowest BCUT2D eigenvalue weighted by molar-refractivity contribution is -0.124. The average molecular weight is 427 g/mol. The maximum atomic E-state index is 12.8. The van der Waals surface area contributed by atoms with Crippen LogP contribution >= 0.6 is 11.6 Å². The van der Waals surface area contributed by atoms with E-state index in [9.17, 15) is 9.59 Å². The van der Waals surface area contributed by atoms with Gasteiger partial charge in [-0.25, -0.2) is 9.78 Å². The van der Waals surface area contributed by atoms with Gasteiger partial charge in [-0.2, -0.15) is 0 Å². The number of benzene rings is 2. The lowest BCUT2D eigenvalue weighted by atomic mass is 10.0. The summed E-state index contributed by atoms with van der Waals surface area (Å²) in [4.78, 5) is 29.6. The van der Waals surface area contributed by atoms with Crippen LogP contribution in [0.4, 0.5) is 0 Å². The zero-order valence-corrected chi connectivity index (χ0v) is 17.8. The molecule has 7 heteroatoms. The Morgan fingerprint density at radius 1 is 1.13 bits per heavy atom. The van der Waals surface area contributed by atoms with Crippen molar-refractivity contribution in [3.05, 3.63) is 75.9 Å². The molecule has 3 aromatic rings. The molecule has 0 saturated heterocycles. The molecule has 1 amide bonds. The molecule has 1 unspecified atom stereocenters. The first-order valence-electron chi connectivity index (χ1n) is 9.49. The van der Waals surface area contributed by atoms with Crippen LogP contribution in [-0.2, 0) is 20.9 Å². The van der Waals surface area contributed by atoms with Crippen molar-refractivity contribution in [2.75, 3.05) is 13.7 Å². The Morgan fingerprint density at radius 2 is 1.83 bits per heavy atom. The standard InChI is InChI=1S/C23H23ClN2O4/c1-14-18-6-4-5-7-19(18)26-20(12-29-3)22(14)23(28)30-13-21(27)25-15(2)16-8-10-17(24)11-9-16/h4-11,15H,12-13H2,1-3H3,(H,25,27). The van der Waals surface area contributed by atoms with Gasteiger partial charge in [0, 0.05) is 17.5 Å². The molecule has 3 rings (SSSR count). The number of hydrogen-bond donors (Lipinski definition) is 1. The number of nitrogens with one attached hydrogen (secondary N) is 1. The number of halogens is 1. The van der Waals surface area contributed by atoms with Crippen LogP contribution in [0.15, 0.2) is 48.5 Å². The molecule has 0 saturated carbocycles. The van der Waals surface area contributed by atoms with E-state index >= 15 is 0 Å². The number of rotatable bonds is 7. The first kappa shape index (κ1) is 21.7. The van der Waals surface area contributed by atoms with Crippen molar-refractivity contribution in [1.82, 2.24) is 10.3 Å². The lowest BCUT2D eigenvalue weighted by Crippen LogP contribution is -2.31. The summed E-state index contributed by atoms with van der Waals surface area (Å²) in [5.74, 6) is -1.00. The fourth-order valence-corrected chi connectivity index (χ4v) is 3.40. The van der Waals surface area contributed by atoms with Crippen molar-refractivity contribution in [2.45, 2.75) is 26.5 Å². The molecular formula is C23H23ClN2O4. The third-order valence-corrected chi connectivity index (χ3v) is 5.05. The van der Waals surface area contributed by atoms with Crippen molar-refractivity contribution in [2.24, 2.45) is 0 Å². The van der Waals surface area contributed by atoms with Crippen molar-refractivity contribution in [3.63, 3.8) is 0 Å². The highest BCUT2D eigenvalue weighted by Gasteiger charge is 2.21. The van der Waals surface area contributed by atoms with Crippen LogP contribution in [0.2, 0.25) is 5.02 Å². The van der Waals surface area contributed by atoms with Crippen molar-refractivity contribution < 1.29 is 19.1 Å². The van der Waals surface area contributed by atoms with Gasteiger partial charge in [-0.3, -0.25) is 4.79 Å². The summed E-state index contributed by atoms with van der Waals surface area (Å²) in [7, 11) is 1.53. The third kappa shape index (κ3) is 4.96. The van der Waals surface area contributed by atoms with Gasteiger partial charge in [0.25, 0.3) is 5.91 Å². The molecule has 30 heavy (non-hydrogen) atoms. The number of fused-ring (bicyclic) bond motifs is 1. The molecule has 2 aromatic carbocycles. The normalized spacial score (nSPS) is 11.9. The lowest BCUT2D eigenvalue weighted by Gasteiger charge is -2.16. The Kier molecular flexibility index (Phi) is 7.03. The van der Waals surface area contributed by atoms with Gasteiger partial charge in [0.05, 0.1) is 29.4 Å². The Hall–Kier alpha value is -2.96. The van der Waals surface area contributed by atoms with E-state index in [2.05, 4.69) is 10.3 Å². The maximum Gasteiger partial charge on any atom is 0.340 e. The number of aromatic nitrogens is 1. The van der Waals surface area contributed by atoms with E-state index in [0.29, 0.717) is 16.3 Å². The fourth-order valence-electron chi connectivity index (χ4n) is 3.27. The summed E-state index contributed by atoms with van der Waals surface area (Å²) in [6.45, 7) is 3.45. The maximum absolute atomic E-state index is 12.8. The number of ether oxygens (including phenoxy) is 2. The Labute approximate surface area is 180 Å². The van der Waals surface area contributed by atoms with E-state index in [4.69, 9.17) is 21.1 Å². The van der Waals surface area contributed by atoms with Crippen LogP contribution in [0.3, 0.4) is 0 Å². The highest BCUT2D eigenvalue weighted by molar-refractivity contribution is 6.30. The van der Waals surface area contributed by atoms with Crippen molar-refractivity contribution in [3.8, 4) is 0 Å². The molecule has 0 aliphatic heterocycles. The molecular weight excluding hydrogens is 404 g/mol. The number of amides is 1. The van der Waals surface area contributed by atoms with Gasteiger partial charge >= 0.3 is 5.97 Å².